The van der Waals surface area contributed by atoms with Crippen molar-refractivity contribution in [1.82, 2.24) is 0 Å². The topological polar surface area (TPSA) is 289 Å². The van der Waals surface area contributed by atoms with Gasteiger partial charge in [-0.1, -0.05) is 115 Å². The fraction of sp³-hybridized carbons (Fsp3) is 0.859. The predicted octanol–water partition coefficient (Wildman–Crippen LogP) is 13.0. The Morgan fingerprint density at radius 1 is 0.460 bits per heavy atom. The van der Waals surface area contributed by atoms with E-state index in [1.807, 2.05) is 41.5 Å². The molecule has 0 radical (unpaired) electrons. The molecule has 10 saturated carbocycles. The number of rotatable bonds is 18. The van der Waals surface area contributed by atoms with Crippen LogP contribution in [0.15, 0.2) is 0 Å². The van der Waals surface area contributed by atoms with Gasteiger partial charge in [-0.3, -0.25) is 38.4 Å². The van der Waals surface area contributed by atoms with E-state index in [2.05, 4.69) is 20.8 Å². The largest absolute Gasteiger partial charge is 0.465 e. The molecule has 0 aromatic rings. The summed E-state index contributed by atoms with van der Waals surface area (Å²) in [6.45, 7) is 26.5. The number of hydrogen-bond acceptors (Lipinski definition) is 22. The van der Waals surface area contributed by atoms with E-state index < -0.39 is 64.8 Å². The molecule has 4 aliphatic heterocycles. The molecule has 26 unspecified atom stereocenters. The standard InChI is InChI=1S/C21H30O4.C18H26O6.C16H22O6.C15H20O6.8CH4/c1-5-21(3,4)20(23)25-18-9(2)10-6-13(18)16-12-7-11(15(10)16)14-8-24-19(22)17(12)14;1-6-17(2,3)16(21)22-8-11(19)23-13-10-7-9-12(18(10,4)5)14(13)24-15(9)20;1-4-16(2,3)15(19)20-7-11(17)21-12-8-5-9-10(6-8)14(18)22-13(9)12;1-3-7(2)14(17)19-6-11(16)20-12-8-4-9-10(5-8)15(18)21-13(9)12;;;;;;;;/h9-18H,5-8H2,1-4H3;9-10,12-14H,6-8H2,1-5H3;8-10,12-13H,4-7H2,1-3H3;7-10,12-13H,3-6H2,1-2H3;8*1H4. The fourth-order valence-corrected chi connectivity index (χ4v) is 19.4. The molecule has 100 heavy (non-hydrogen) atoms. The van der Waals surface area contributed by atoms with Crippen LogP contribution in [0.1, 0.15) is 227 Å². The highest BCUT2D eigenvalue weighted by Crippen LogP contribution is 2.73. The van der Waals surface area contributed by atoms with E-state index in [-0.39, 0.29) is 210 Å². The summed E-state index contributed by atoms with van der Waals surface area (Å²) >= 11 is 0. The van der Waals surface area contributed by atoms with Gasteiger partial charge in [0.05, 0.1) is 52.4 Å². The van der Waals surface area contributed by atoms with E-state index in [1.165, 1.54) is 12.8 Å². The molecule has 14 rings (SSSR count). The van der Waals surface area contributed by atoms with E-state index in [4.69, 9.17) is 52.1 Å². The van der Waals surface area contributed by atoms with Gasteiger partial charge in [0, 0.05) is 41.4 Å². The quantitative estimate of drug-likeness (QED) is 0.0700. The molecule has 22 nitrogen and oxygen atoms in total. The second-order valence-corrected chi connectivity index (χ2v) is 32.0. The van der Waals surface area contributed by atoms with E-state index in [9.17, 15) is 52.7 Å². The second kappa shape index (κ2) is 32.9. The number of carbonyl (C=O) groups is 11. The summed E-state index contributed by atoms with van der Waals surface area (Å²) in [6, 6.07) is 0. The van der Waals surface area contributed by atoms with Crippen molar-refractivity contribution >= 4 is 65.7 Å². The maximum absolute atomic E-state index is 12.7. The van der Waals surface area contributed by atoms with Gasteiger partial charge in [0.1, 0.15) is 42.7 Å². The van der Waals surface area contributed by atoms with Crippen LogP contribution in [-0.4, -0.2) is 135 Å². The molecule has 4 saturated heterocycles. The summed E-state index contributed by atoms with van der Waals surface area (Å²) in [7, 11) is 0. The normalized spacial score (nSPS) is 37.2. The van der Waals surface area contributed by atoms with Gasteiger partial charge in [0.15, 0.2) is 19.8 Å². The molecule has 4 heterocycles. The highest BCUT2D eigenvalue weighted by atomic mass is 16.6. The zero-order valence-corrected chi connectivity index (χ0v) is 56.1. The molecule has 22 heteroatoms. The third-order valence-corrected chi connectivity index (χ3v) is 25.8. The third kappa shape index (κ3) is 15.4. The summed E-state index contributed by atoms with van der Waals surface area (Å²) in [5, 5.41) is 0. The first-order valence-electron chi connectivity index (χ1n) is 34.4. The molecule has 26 atom stereocenters. The van der Waals surface area contributed by atoms with Crippen LogP contribution in [0.4, 0.5) is 0 Å². The van der Waals surface area contributed by atoms with E-state index >= 15 is 0 Å². The Morgan fingerprint density at radius 3 is 1.35 bits per heavy atom. The van der Waals surface area contributed by atoms with Crippen LogP contribution in [0.3, 0.4) is 0 Å². The Labute approximate surface area is 598 Å². The Balaban J connectivity index is 0.000000339. The van der Waals surface area contributed by atoms with Crippen LogP contribution in [0, 0.1) is 134 Å². The molecule has 10 aliphatic carbocycles. The van der Waals surface area contributed by atoms with Crippen molar-refractivity contribution in [3.8, 4) is 0 Å². The summed E-state index contributed by atoms with van der Waals surface area (Å²) < 4.78 is 59.0. The molecule has 14 fully saturated rings. The number of carbonyl (C=O) groups excluding carboxylic acids is 11. The van der Waals surface area contributed by atoms with Crippen LogP contribution >= 0.6 is 0 Å². The van der Waals surface area contributed by atoms with Gasteiger partial charge >= 0.3 is 65.7 Å². The molecule has 0 N–H and O–H groups in total. The number of cyclic esters (lactones) is 1. The van der Waals surface area contributed by atoms with Crippen LogP contribution in [0.5, 0.6) is 0 Å². The lowest BCUT2D eigenvalue weighted by Gasteiger charge is -2.44. The molecule has 0 amide bonds. The van der Waals surface area contributed by atoms with Gasteiger partial charge in [0.25, 0.3) is 0 Å². The van der Waals surface area contributed by atoms with Crippen molar-refractivity contribution < 1.29 is 105 Å². The lowest BCUT2D eigenvalue weighted by molar-refractivity contribution is -0.173. The molecule has 10 bridgehead atoms. The van der Waals surface area contributed by atoms with Crippen molar-refractivity contribution in [2.24, 2.45) is 134 Å². The monoisotopic (exact) mass is 1420 g/mol. The first-order chi connectivity index (χ1) is 43.3. The highest BCUT2D eigenvalue weighted by molar-refractivity contribution is 5.83. The average Bonchev–Trinajstić information content (AvgIpc) is 1.53. The van der Waals surface area contributed by atoms with Gasteiger partial charge in [-0.2, -0.15) is 0 Å². The SMILES string of the molecule is C.C.C.C.C.C.C.C.CCC(C)(C)C(=O)OC1C(C)C2CC1C1C3CC(C4COC(=O)C43)C21.CCC(C)(C)C(=O)OCC(=O)OC1C2CC3C(=O)OC1C3C2.CCC(C)(C)C(=O)OCC(=O)OC1C2OC(=O)C3CC1C(C)(C)C32.CCC(C)C(=O)OCC(=O)OC1C2CC3C(=O)OC1C3C2. The lowest BCUT2D eigenvalue weighted by atomic mass is 9.61. The van der Waals surface area contributed by atoms with Crippen LogP contribution in [0.2, 0.25) is 0 Å². The molecule has 0 aromatic carbocycles. The number of fused-ring (bicyclic) bond motifs is 15. The van der Waals surface area contributed by atoms with E-state index in [0.717, 1.165) is 38.0 Å². The van der Waals surface area contributed by atoms with Gasteiger partial charge in [-0.05, 0) is 159 Å². The van der Waals surface area contributed by atoms with Crippen molar-refractivity contribution in [2.75, 3.05) is 26.4 Å². The zero-order chi connectivity index (χ0) is 66.7. The maximum Gasteiger partial charge on any atom is 0.344 e. The first-order valence-corrected chi connectivity index (χ1v) is 34.4. The van der Waals surface area contributed by atoms with Crippen molar-refractivity contribution in [3.63, 3.8) is 0 Å². The van der Waals surface area contributed by atoms with Gasteiger partial charge in [0.2, 0.25) is 0 Å². The maximum atomic E-state index is 12.7. The number of esters is 11. The summed E-state index contributed by atoms with van der Waals surface area (Å²) in [5.41, 5.74) is -1.73. The molecule has 574 valence electrons. The van der Waals surface area contributed by atoms with E-state index in [1.54, 1.807) is 34.6 Å². The molecule has 0 spiro atoms. The van der Waals surface area contributed by atoms with Crippen molar-refractivity contribution in [2.45, 2.75) is 270 Å². The minimum absolute atomic E-state index is 0. The molecular weight excluding hydrogens is 1290 g/mol. The lowest BCUT2D eigenvalue weighted by Crippen LogP contribution is -2.47. The first kappa shape index (κ1) is 88.4. The zero-order valence-electron chi connectivity index (χ0n) is 56.1. The fourth-order valence-electron chi connectivity index (χ4n) is 19.4. The Kier molecular flexibility index (Phi) is 29.1. The Bertz CT molecular complexity index is 2960. The average molecular weight is 1420 g/mol. The molecule has 14 aliphatic rings. The Morgan fingerprint density at radius 2 is 0.880 bits per heavy atom. The molecule has 0 aromatic heterocycles. The van der Waals surface area contributed by atoms with Gasteiger partial charge in [-0.15, -0.1) is 0 Å². The van der Waals surface area contributed by atoms with Crippen molar-refractivity contribution in [3.05, 3.63) is 0 Å². The van der Waals surface area contributed by atoms with Gasteiger partial charge < -0.3 is 52.1 Å². The van der Waals surface area contributed by atoms with Crippen LogP contribution in [0.25, 0.3) is 0 Å². The summed E-state index contributed by atoms with van der Waals surface area (Å²) in [4.78, 5) is 131. The highest BCUT2D eigenvalue weighted by Gasteiger charge is 2.74. The molecular formula is C78H130O22. The predicted molar refractivity (Wildman–Crippen MR) is 373 cm³/mol. The van der Waals surface area contributed by atoms with E-state index in [0.29, 0.717) is 73.7 Å². The second-order valence-electron chi connectivity index (χ2n) is 32.0. The Hall–Kier alpha value is -5.83. The van der Waals surface area contributed by atoms with Gasteiger partial charge in [-0.25, -0.2) is 14.4 Å². The number of ether oxygens (including phenoxy) is 11. The van der Waals surface area contributed by atoms with Crippen molar-refractivity contribution in [1.29, 1.82) is 0 Å². The minimum atomic E-state index is -0.622. The minimum Gasteiger partial charge on any atom is -0.465 e. The summed E-state index contributed by atoms with van der Waals surface area (Å²) in [6.07, 6.45) is 6.99. The van der Waals surface area contributed by atoms with Crippen LogP contribution < -0.4 is 0 Å². The smallest absolute Gasteiger partial charge is 0.344 e. The summed E-state index contributed by atoms with van der Waals surface area (Å²) in [5.74, 6) is 1.98. The van der Waals surface area contributed by atoms with Crippen LogP contribution in [-0.2, 0) is 105 Å². The third-order valence-electron chi connectivity index (χ3n) is 25.8. The number of hydrogen-bond donors (Lipinski definition) is 0.